The lowest BCUT2D eigenvalue weighted by Crippen LogP contribution is -2.12. The number of hydrogen-bond donors (Lipinski definition) is 1. The van der Waals surface area contributed by atoms with Gasteiger partial charge in [-0.1, -0.05) is 11.2 Å². The van der Waals surface area contributed by atoms with Crippen LogP contribution < -0.4 is 14.8 Å². The van der Waals surface area contributed by atoms with E-state index in [-0.39, 0.29) is 11.9 Å². The lowest BCUT2D eigenvalue weighted by atomic mass is 10.1. The average molecular weight is 353 g/mol. The van der Waals surface area contributed by atoms with Crippen LogP contribution in [0.15, 0.2) is 40.8 Å². The van der Waals surface area contributed by atoms with Crippen molar-refractivity contribution in [3.8, 4) is 23.0 Å². The summed E-state index contributed by atoms with van der Waals surface area (Å²) in [5.41, 5.74) is 3.48. The van der Waals surface area contributed by atoms with Gasteiger partial charge in [0.15, 0.2) is 11.5 Å². The zero-order chi connectivity index (χ0) is 18.7. The number of ether oxygens (including phenoxy) is 2. The molecule has 2 aromatic carbocycles. The highest BCUT2D eigenvalue weighted by atomic mass is 16.5. The first kappa shape index (κ1) is 17.5. The van der Waals surface area contributed by atoms with E-state index in [0.717, 1.165) is 11.1 Å². The molecule has 1 heterocycles. The number of anilines is 1. The number of amides is 1. The number of carbonyl (C=O) groups is 1. The van der Waals surface area contributed by atoms with Crippen LogP contribution in [0.3, 0.4) is 0 Å². The predicted molar refractivity (Wildman–Crippen MR) is 96.7 cm³/mol. The monoisotopic (exact) mass is 353 g/mol. The van der Waals surface area contributed by atoms with E-state index in [4.69, 9.17) is 13.9 Å². The maximum Gasteiger partial charge on any atom is 0.322 e. The number of rotatable bonds is 5. The van der Waals surface area contributed by atoms with Gasteiger partial charge >= 0.3 is 6.01 Å². The molecule has 1 N–H and O–H groups in total. The molecule has 0 radical (unpaired) electrons. The topological polar surface area (TPSA) is 86.5 Å². The quantitative estimate of drug-likeness (QED) is 0.754. The molecule has 3 aromatic rings. The predicted octanol–water partition coefficient (Wildman–Crippen LogP) is 3.62. The molecular formula is C19H19N3O4. The summed E-state index contributed by atoms with van der Waals surface area (Å²) < 4.78 is 15.9. The average Bonchev–Trinajstić information content (AvgIpc) is 3.11. The number of methoxy groups -OCH3 is 2. The summed E-state index contributed by atoms with van der Waals surface area (Å²) in [6.07, 6.45) is 0. The largest absolute Gasteiger partial charge is 0.493 e. The third-order valence-electron chi connectivity index (χ3n) is 4.05. The molecule has 7 heteroatoms. The van der Waals surface area contributed by atoms with Gasteiger partial charge in [-0.15, -0.1) is 5.10 Å². The zero-order valence-electron chi connectivity index (χ0n) is 15.0. The lowest BCUT2D eigenvalue weighted by molar-refractivity contribution is 0.102. The highest BCUT2D eigenvalue weighted by molar-refractivity contribution is 6.03. The molecule has 7 nitrogen and oxygen atoms in total. The Morgan fingerprint density at radius 2 is 1.73 bits per heavy atom. The zero-order valence-corrected chi connectivity index (χ0v) is 15.0. The Kier molecular flexibility index (Phi) is 4.88. The van der Waals surface area contributed by atoms with E-state index in [1.165, 1.54) is 19.8 Å². The van der Waals surface area contributed by atoms with Gasteiger partial charge in [-0.3, -0.25) is 10.1 Å². The second kappa shape index (κ2) is 7.26. The second-order valence-electron chi connectivity index (χ2n) is 5.74. The maximum absolute atomic E-state index is 12.4. The SMILES string of the molecule is COc1ccc(C(=O)Nc2nnc(-c3ccc(C)c(C)c3)o2)cc1OC. The minimum atomic E-state index is -0.388. The van der Waals surface area contributed by atoms with Gasteiger partial charge in [0.1, 0.15) is 0 Å². The molecule has 0 spiro atoms. The van der Waals surface area contributed by atoms with Crippen LogP contribution >= 0.6 is 0 Å². The molecule has 0 bridgehead atoms. The van der Waals surface area contributed by atoms with Crippen molar-refractivity contribution in [2.24, 2.45) is 0 Å². The first-order chi connectivity index (χ1) is 12.5. The van der Waals surface area contributed by atoms with Crippen molar-refractivity contribution in [3.05, 3.63) is 53.1 Å². The molecule has 0 aliphatic heterocycles. The Bertz CT molecular complexity index is 950. The van der Waals surface area contributed by atoms with Gasteiger partial charge < -0.3 is 13.9 Å². The van der Waals surface area contributed by atoms with Crippen molar-refractivity contribution < 1.29 is 18.7 Å². The van der Waals surface area contributed by atoms with E-state index >= 15 is 0 Å². The van der Waals surface area contributed by atoms with Gasteiger partial charge in [0.25, 0.3) is 5.91 Å². The Hall–Kier alpha value is -3.35. The first-order valence-corrected chi connectivity index (χ1v) is 7.96. The molecule has 0 saturated heterocycles. The minimum Gasteiger partial charge on any atom is -0.493 e. The van der Waals surface area contributed by atoms with E-state index in [1.54, 1.807) is 18.2 Å². The lowest BCUT2D eigenvalue weighted by Gasteiger charge is -2.08. The third-order valence-corrected chi connectivity index (χ3v) is 4.05. The number of nitrogens with one attached hydrogen (secondary N) is 1. The van der Waals surface area contributed by atoms with Crippen LogP contribution in [-0.2, 0) is 0 Å². The molecular weight excluding hydrogens is 334 g/mol. The fourth-order valence-corrected chi connectivity index (χ4v) is 2.41. The van der Waals surface area contributed by atoms with Gasteiger partial charge in [-0.25, -0.2) is 0 Å². The molecule has 134 valence electrons. The Labute approximate surface area is 151 Å². The first-order valence-electron chi connectivity index (χ1n) is 7.96. The normalized spacial score (nSPS) is 10.5. The number of benzene rings is 2. The number of aromatic nitrogens is 2. The Morgan fingerprint density at radius 3 is 2.42 bits per heavy atom. The van der Waals surface area contributed by atoms with E-state index in [9.17, 15) is 4.79 Å². The number of aryl methyl sites for hydroxylation is 2. The number of carbonyl (C=O) groups excluding carboxylic acids is 1. The summed E-state index contributed by atoms with van der Waals surface area (Å²) in [4.78, 5) is 12.4. The second-order valence-corrected chi connectivity index (χ2v) is 5.74. The summed E-state index contributed by atoms with van der Waals surface area (Å²) in [7, 11) is 3.04. The van der Waals surface area contributed by atoms with Crippen molar-refractivity contribution in [3.63, 3.8) is 0 Å². The summed E-state index contributed by atoms with van der Waals surface area (Å²) in [6, 6.07) is 10.7. The highest BCUT2D eigenvalue weighted by Gasteiger charge is 2.15. The summed E-state index contributed by atoms with van der Waals surface area (Å²) in [5, 5.41) is 10.5. The minimum absolute atomic E-state index is 0.0259. The van der Waals surface area contributed by atoms with Crippen molar-refractivity contribution in [1.82, 2.24) is 10.2 Å². The molecule has 1 aromatic heterocycles. The Balaban J connectivity index is 1.78. The van der Waals surface area contributed by atoms with E-state index in [2.05, 4.69) is 15.5 Å². The van der Waals surface area contributed by atoms with Gasteiger partial charge in [-0.2, -0.15) is 0 Å². The highest BCUT2D eigenvalue weighted by Crippen LogP contribution is 2.28. The van der Waals surface area contributed by atoms with Crippen LogP contribution in [0.25, 0.3) is 11.5 Å². The summed E-state index contributed by atoms with van der Waals surface area (Å²) >= 11 is 0. The molecule has 0 aliphatic rings. The van der Waals surface area contributed by atoms with Crippen LogP contribution in [0.4, 0.5) is 6.01 Å². The van der Waals surface area contributed by atoms with Gasteiger partial charge in [0.05, 0.1) is 14.2 Å². The number of nitrogens with zero attached hydrogens (tertiary/aromatic N) is 2. The van der Waals surface area contributed by atoms with E-state index < -0.39 is 0 Å². The van der Waals surface area contributed by atoms with Crippen LogP contribution in [0.5, 0.6) is 11.5 Å². The van der Waals surface area contributed by atoms with Crippen LogP contribution in [0.1, 0.15) is 21.5 Å². The van der Waals surface area contributed by atoms with Crippen LogP contribution in [-0.4, -0.2) is 30.3 Å². The standard InChI is InChI=1S/C19H19N3O4/c1-11-5-6-14(9-12(11)2)18-21-22-19(26-18)20-17(23)13-7-8-15(24-3)16(10-13)25-4/h5-10H,1-4H3,(H,20,22,23). The van der Waals surface area contributed by atoms with E-state index in [0.29, 0.717) is 23.0 Å². The molecule has 0 aliphatic carbocycles. The molecule has 3 rings (SSSR count). The third kappa shape index (κ3) is 3.51. The molecule has 0 saturated carbocycles. The Morgan fingerprint density at radius 1 is 0.962 bits per heavy atom. The van der Waals surface area contributed by atoms with Crippen molar-refractivity contribution in [2.75, 3.05) is 19.5 Å². The van der Waals surface area contributed by atoms with Gasteiger partial charge in [0, 0.05) is 11.1 Å². The molecule has 1 amide bonds. The summed E-state index contributed by atoms with van der Waals surface area (Å²) in [6.45, 7) is 4.04. The van der Waals surface area contributed by atoms with Crippen molar-refractivity contribution in [1.29, 1.82) is 0 Å². The fourth-order valence-electron chi connectivity index (χ4n) is 2.41. The van der Waals surface area contributed by atoms with Gasteiger partial charge in [0.2, 0.25) is 5.89 Å². The van der Waals surface area contributed by atoms with Crippen molar-refractivity contribution in [2.45, 2.75) is 13.8 Å². The van der Waals surface area contributed by atoms with Crippen LogP contribution in [0, 0.1) is 13.8 Å². The van der Waals surface area contributed by atoms with Crippen molar-refractivity contribution >= 4 is 11.9 Å². The fraction of sp³-hybridized carbons (Fsp3) is 0.211. The maximum atomic E-state index is 12.4. The smallest absolute Gasteiger partial charge is 0.322 e. The van der Waals surface area contributed by atoms with Crippen LogP contribution in [0.2, 0.25) is 0 Å². The summed E-state index contributed by atoms with van der Waals surface area (Å²) in [5.74, 6) is 0.956. The molecule has 0 fully saturated rings. The van der Waals surface area contributed by atoms with E-state index in [1.807, 2.05) is 32.0 Å². The van der Waals surface area contributed by atoms with Gasteiger partial charge in [-0.05, 0) is 55.3 Å². The molecule has 0 atom stereocenters. The number of hydrogen-bond acceptors (Lipinski definition) is 6. The molecule has 26 heavy (non-hydrogen) atoms. The molecule has 0 unspecified atom stereocenters.